The highest BCUT2D eigenvalue weighted by molar-refractivity contribution is 5.20. The number of alkyl halides is 2. The lowest BCUT2D eigenvalue weighted by Crippen LogP contribution is -2.45. The summed E-state index contributed by atoms with van der Waals surface area (Å²) in [5.74, 6) is 4.71. The van der Waals surface area contributed by atoms with E-state index in [0.29, 0.717) is 18.5 Å². The summed E-state index contributed by atoms with van der Waals surface area (Å²) in [4.78, 5) is 1.78. The van der Waals surface area contributed by atoms with E-state index < -0.39 is 24.9 Å². The van der Waals surface area contributed by atoms with Crippen LogP contribution in [0.4, 0.5) is 8.78 Å². The molecule has 0 saturated heterocycles. The molecule has 1 N–H and O–H groups in total. The van der Waals surface area contributed by atoms with Gasteiger partial charge in [-0.15, -0.1) is 12.8 Å². The molecule has 0 fully saturated rings. The van der Waals surface area contributed by atoms with Gasteiger partial charge in [-0.05, 0) is 38.6 Å². The molecule has 0 aliphatic carbocycles. The molecule has 0 amide bonds. The van der Waals surface area contributed by atoms with E-state index in [1.165, 1.54) is 0 Å². The molecular formula is C26H32F2N2. The molecular weight excluding hydrogens is 378 g/mol. The molecule has 0 aromatic heterocycles. The molecule has 30 heavy (non-hydrogen) atoms. The van der Waals surface area contributed by atoms with Gasteiger partial charge >= 0.3 is 0 Å². The predicted octanol–water partition coefficient (Wildman–Crippen LogP) is 4.69. The fourth-order valence-corrected chi connectivity index (χ4v) is 3.23. The third kappa shape index (κ3) is 7.99. The summed E-state index contributed by atoms with van der Waals surface area (Å²) in [6.07, 6.45) is 9.88. The first kappa shape index (κ1) is 25.4. The highest BCUT2D eigenvalue weighted by Gasteiger charge is 2.31. The average Bonchev–Trinajstić information content (AvgIpc) is 2.80. The largest absolute Gasteiger partial charge is 0.309 e. The van der Waals surface area contributed by atoms with Crippen LogP contribution in [0.3, 0.4) is 0 Å². The Morgan fingerprint density at radius 2 is 1.60 bits per heavy atom. The Kier molecular flexibility index (Phi) is 12.1. The average molecular weight is 411 g/mol. The molecule has 2 aromatic carbocycles. The second kappa shape index (κ2) is 14.3. The topological polar surface area (TPSA) is 15.3 Å². The van der Waals surface area contributed by atoms with Crippen LogP contribution in [0.5, 0.6) is 0 Å². The maximum absolute atomic E-state index is 14.9. The van der Waals surface area contributed by atoms with Gasteiger partial charge in [-0.1, -0.05) is 72.5 Å². The third-order valence-electron chi connectivity index (χ3n) is 5.06. The summed E-state index contributed by atoms with van der Waals surface area (Å²) in [6, 6.07) is 17.8. The Balaban J connectivity index is 0.000000804. The SMILES string of the molecule is C#CC(C(CF)Cc1ccccc1)N(C)C(C)C(F)c1ccccc1.C#CCNC. The maximum Gasteiger partial charge on any atom is 0.140 e. The fraction of sp³-hybridized carbons (Fsp3) is 0.385. The van der Waals surface area contributed by atoms with Crippen LogP contribution in [0, 0.1) is 30.6 Å². The van der Waals surface area contributed by atoms with E-state index in [0.717, 1.165) is 5.56 Å². The van der Waals surface area contributed by atoms with Gasteiger partial charge in [-0.2, -0.15) is 0 Å². The number of hydrogen-bond acceptors (Lipinski definition) is 2. The lowest BCUT2D eigenvalue weighted by molar-refractivity contribution is 0.0949. The van der Waals surface area contributed by atoms with Crippen LogP contribution in [0.1, 0.15) is 24.2 Å². The van der Waals surface area contributed by atoms with Crippen molar-refractivity contribution in [3.8, 4) is 24.7 Å². The van der Waals surface area contributed by atoms with Gasteiger partial charge in [-0.25, -0.2) is 4.39 Å². The van der Waals surface area contributed by atoms with Gasteiger partial charge in [0.1, 0.15) is 6.17 Å². The van der Waals surface area contributed by atoms with Crippen LogP contribution in [0.25, 0.3) is 0 Å². The van der Waals surface area contributed by atoms with Crippen LogP contribution < -0.4 is 5.32 Å². The van der Waals surface area contributed by atoms with E-state index >= 15 is 0 Å². The van der Waals surface area contributed by atoms with Crippen LogP contribution >= 0.6 is 0 Å². The number of terminal acetylenes is 2. The second-order valence-electron chi connectivity index (χ2n) is 7.17. The number of nitrogens with one attached hydrogen (secondary N) is 1. The number of halogens is 2. The van der Waals surface area contributed by atoms with Crippen molar-refractivity contribution in [1.82, 2.24) is 10.2 Å². The molecule has 0 spiro atoms. The monoisotopic (exact) mass is 410 g/mol. The van der Waals surface area contributed by atoms with Crippen molar-refractivity contribution in [1.29, 1.82) is 0 Å². The Hall–Kier alpha value is -2.66. The van der Waals surface area contributed by atoms with Crippen molar-refractivity contribution in [2.45, 2.75) is 31.6 Å². The smallest absolute Gasteiger partial charge is 0.140 e. The van der Waals surface area contributed by atoms with Gasteiger partial charge in [0.15, 0.2) is 0 Å². The summed E-state index contributed by atoms with van der Waals surface area (Å²) in [5, 5.41) is 2.78. The van der Waals surface area contributed by atoms with Crippen molar-refractivity contribution in [2.75, 3.05) is 27.3 Å². The Morgan fingerprint density at radius 1 is 1.03 bits per heavy atom. The van der Waals surface area contributed by atoms with E-state index in [9.17, 15) is 8.78 Å². The van der Waals surface area contributed by atoms with Crippen molar-refractivity contribution in [2.24, 2.45) is 5.92 Å². The van der Waals surface area contributed by atoms with Crippen molar-refractivity contribution < 1.29 is 8.78 Å². The van der Waals surface area contributed by atoms with Crippen LogP contribution in [0.2, 0.25) is 0 Å². The molecule has 4 heteroatoms. The molecule has 4 atom stereocenters. The lowest BCUT2D eigenvalue weighted by atomic mass is 9.91. The highest BCUT2D eigenvalue weighted by atomic mass is 19.1. The van der Waals surface area contributed by atoms with Crippen molar-refractivity contribution in [3.05, 3.63) is 71.8 Å². The molecule has 0 radical (unpaired) electrons. The minimum atomic E-state index is -1.18. The first-order chi connectivity index (χ1) is 14.5. The Bertz CT molecular complexity index is 780. The van der Waals surface area contributed by atoms with Gasteiger partial charge < -0.3 is 5.32 Å². The second-order valence-corrected chi connectivity index (χ2v) is 7.17. The van der Waals surface area contributed by atoms with E-state index in [4.69, 9.17) is 12.8 Å². The summed E-state index contributed by atoms with van der Waals surface area (Å²) >= 11 is 0. The summed E-state index contributed by atoms with van der Waals surface area (Å²) in [6.45, 7) is 1.92. The molecule has 0 aliphatic rings. The van der Waals surface area contributed by atoms with Gasteiger partial charge in [0.05, 0.1) is 19.3 Å². The minimum Gasteiger partial charge on any atom is -0.309 e. The van der Waals surface area contributed by atoms with E-state index in [1.54, 1.807) is 31.0 Å². The van der Waals surface area contributed by atoms with Crippen LogP contribution in [0.15, 0.2) is 60.7 Å². The Morgan fingerprint density at radius 3 is 2.03 bits per heavy atom. The quantitative estimate of drug-likeness (QED) is 0.604. The molecule has 0 heterocycles. The fourth-order valence-electron chi connectivity index (χ4n) is 3.23. The molecule has 0 aliphatic heterocycles. The number of benzene rings is 2. The zero-order valence-electron chi connectivity index (χ0n) is 18.1. The molecule has 160 valence electrons. The summed E-state index contributed by atoms with van der Waals surface area (Å²) < 4.78 is 28.6. The van der Waals surface area contributed by atoms with E-state index in [-0.39, 0.29) is 5.92 Å². The molecule has 0 bridgehead atoms. The first-order valence-electron chi connectivity index (χ1n) is 10.0. The first-order valence-corrected chi connectivity index (χ1v) is 10.0. The lowest BCUT2D eigenvalue weighted by Gasteiger charge is -2.35. The van der Waals surface area contributed by atoms with Crippen LogP contribution in [-0.2, 0) is 6.42 Å². The minimum absolute atomic E-state index is 0.372. The zero-order chi connectivity index (χ0) is 22.4. The van der Waals surface area contributed by atoms with E-state index in [1.807, 2.05) is 55.6 Å². The van der Waals surface area contributed by atoms with Gasteiger partial charge in [0.2, 0.25) is 0 Å². The molecule has 2 nitrogen and oxygen atoms in total. The number of likely N-dealkylation sites (N-methyl/N-ethyl adjacent to an activating group) is 1. The third-order valence-corrected chi connectivity index (χ3v) is 5.06. The van der Waals surface area contributed by atoms with E-state index in [2.05, 4.69) is 17.2 Å². The molecule has 2 rings (SSSR count). The number of nitrogens with zero attached hydrogens (tertiary/aromatic N) is 1. The highest BCUT2D eigenvalue weighted by Crippen LogP contribution is 2.27. The maximum atomic E-state index is 14.9. The van der Waals surface area contributed by atoms with Crippen LogP contribution in [-0.4, -0.2) is 44.3 Å². The number of rotatable bonds is 9. The van der Waals surface area contributed by atoms with Crippen molar-refractivity contribution in [3.63, 3.8) is 0 Å². The normalized spacial score (nSPS) is 14.4. The zero-order valence-corrected chi connectivity index (χ0v) is 18.1. The number of hydrogen-bond donors (Lipinski definition) is 1. The molecule has 0 saturated carbocycles. The molecule has 4 unspecified atom stereocenters. The van der Waals surface area contributed by atoms with Crippen molar-refractivity contribution >= 4 is 0 Å². The van der Waals surface area contributed by atoms with Gasteiger partial charge in [0.25, 0.3) is 0 Å². The molecule has 2 aromatic rings. The Labute approximate surface area is 180 Å². The summed E-state index contributed by atoms with van der Waals surface area (Å²) in [5.41, 5.74) is 1.64. The summed E-state index contributed by atoms with van der Waals surface area (Å²) in [7, 11) is 3.60. The standard InChI is InChI=1S/C22H25F2N.C4H7N/c1-4-21(20(16-23)15-18-11-7-5-8-12-18)25(3)17(2)22(24)19-13-9-6-10-14-19;1-3-4-5-2/h1,5-14,17,20-22H,15-16H2,2-3H3;1,5H,4H2,2H3. The van der Waals surface area contributed by atoms with Gasteiger partial charge in [0, 0.05) is 12.0 Å². The predicted molar refractivity (Wildman–Crippen MR) is 123 cm³/mol. The van der Waals surface area contributed by atoms with Gasteiger partial charge in [-0.3, -0.25) is 9.29 Å².